The number of carbonyl (C=O) groups excluding carboxylic acids is 6. The number of aliphatic hydroxyl groups is 1. The average Bonchev–Trinajstić information content (AvgIpc) is 4.11. The van der Waals surface area contributed by atoms with Crippen molar-refractivity contribution in [1.82, 2.24) is 9.80 Å². The van der Waals surface area contributed by atoms with Gasteiger partial charge in [-0.05, 0) is 79.1 Å². The predicted octanol–water partition coefficient (Wildman–Crippen LogP) is 12.2. The van der Waals surface area contributed by atoms with Gasteiger partial charge in [-0.25, -0.2) is 18.4 Å². The Labute approximate surface area is 480 Å². The average molecular weight is 1160 g/mol. The van der Waals surface area contributed by atoms with Crippen molar-refractivity contribution in [3.63, 3.8) is 0 Å². The zero-order valence-corrected chi connectivity index (χ0v) is 45.3. The van der Waals surface area contributed by atoms with Gasteiger partial charge in [0.05, 0.1) is 61.9 Å². The van der Waals surface area contributed by atoms with Gasteiger partial charge in [0, 0.05) is 87.5 Å². The molecule has 0 aliphatic carbocycles. The number of nitrogens with zero attached hydrogens (tertiary/aromatic N) is 4. The molecule has 17 nitrogen and oxygen atoms in total. The maximum absolute atomic E-state index is 14.2. The molecule has 5 aromatic carbocycles. The molecule has 2 saturated heterocycles. The maximum Gasteiger partial charge on any atom is 0.331 e. The summed E-state index contributed by atoms with van der Waals surface area (Å²) >= 11 is 2.44. The minimum Gasteiger partial charge on any atom is -0.497 e. The largest absolute Gasteiger partial charge is 0.497 e. The van der Waals surface area contributed by atoms with E-state index in [1.165, 1.54) is 69.8 Å². The number of hydrogen-bond acceptors (Lipinski definition) is 15. The lowest BCUT2D eigenvalue weighted by molar-refractivity contribution is -0.129. The number of ketones is 2. The lowest BCUT2D eigenvalue weighted by atomic mass is 10.1. The summed E-state index contributed by atoms with van der Waals surface area (Å²) in [6.07, 6.45) is 0.757. The van der Waals surface area contributed by atoms with Crippen molar-refractivity contribution >= 4 is 89.7 Å². The number of urea groups is 2. The molecule has 7 aromatic rings. The van der Waals surface area contributed by atoms with Crippen LogP contribution in [0.3, 0.4) is 0 Å². The van der Waals surface area contributed by atoms with Crippen LogP contribution in [0.15, 0.2) is 108 Å². The topological polar surface area (TPSA) is 191 Å². The number of amides is 6. The Bertz CT molecular complexity index is 3350. The molecular formula is C60H68F2N4O13S2. The Morgan fingerprint density at radius 1 is 0.580 bits per heavy atom. The fourth-order valence-electron chi connectivity index (χ4n) is 8.99. The molecule has 21 heteroatoms. The van der Waals surface area contributed by atoms with Gasteiger partial charge in [-0.2, -0.15) is 0 Å². The van der Waals surface area contributed by atoms with E-state index in [4.69, 9.17) is 36.5 Å². The van der Waals surface area contributed by atoms with E-state index in [1.54, 1.807) is 72.5 Å². The highest BCUT2D eigenvalue weighted by Crippen LogP contribution is 2.38. The first-order valence-corrected chi connectivity index (χ1v) is 27.1. The molecule has 0 saturated carbocycles. The quantitative estimate of drug-likeness (QED) is 0.0499. The number of thiophene rings is 2. The van der Waals surface area contributed by atoms with Crippen LogP contribution in [-0.4, -0.2) is 124 Å². The standard InChI is InChI=1S/C33H33FN2O7S.C25H25FN2O6S.2CH4.H2/c1-40-24-10-7-22(8-11-24)20-42-17-18-43-29-13-9-23(19-30(29)41-2)28(37)12-14-31(38)36-16-4-15-35(33(36)39)27-21-44-32-25(27)5-3-6-26(32)34;1-33-22-14-16(6-8-21(22)34-13-12-29)20(30)7-9-23(31)28-11-3-10-27(25(28)32)19-15-35-24-17(19)4-2-5-18(24)26;;;/h3,5-11,13,19,21H,4,12,14-18,20H2,1-2H3;2,4-6,8,14-15,29H,3,7,9-13H2,1H3;2*1H4;1H/i;;;;1+1D. The van der Waals surface area contributed by atoms with Gasteiger partial charge in [0.2, 0.25) is 11.8 Å². The van der Waals surface area contributed by atoms with Crippen molar-refractivity contribution in [3.05, 3.63) is 136 Å². The lowest BCUT2D eigenvalue weighted by Gasteiger charge is -2.34. The number of rotatable bonds is 22. The van der Waals surface area contributed by atoms with Crippen LogP contribution in [0, 0.1) is 11.6 Å². The highest BCUT2D eigenvalue weighted by molar-refractivity contribution is 7.18. The van der Waals surface area contributed by atoms with Crippen LogP contribution in [-0.2, 0) is 20.9 Å². The Morgan fingerprint density at radius 3 is 1.49 bits per heavy atom. The SMILES string of the molecule is C.C.COc1cc(C(=O)CCC(=O)N2CCCN(c3csc4c(F)cccc34)C2=O)ccc1OCCO.COc1ccc(COCCOc2ccc(C(=O)CCC(=O)N3CCCN(c4csc5c(F)cccc45)C3=O)cc2OC)cc1.[2H][2H]. The van der Waals surface area contributed by atoms with E-state index in [-0.39, 0.29) is 96.6 Å². The second-order valence-electron chi connectivity index (χ2n) is 18.0. The molecule has 0 spiro atoms. The van der Waals surface area contributed by atoms with Gasteiger partial charge in [-0.15, -0.1) is 22.7 Å². The number of Topliss-reactive ketones (excluding diaryl/α,β-unsaturated/α-hetero) is 2. The smallest absolute Gasteiger partial charge is 0.331 e. The molecule has 0 atom stereocenters. The molecule has 432 valence electrons. The summed E-state index contributed by atoms with van der Waals surface area (Å²) in [5.74, 6) is 0.286. The van der Waals surface area contributed by atoms with E-state index < -0.39 is 23.9 Å². The van der Waals surface area contributed by atoms with Gasteiger partial charge < -0.3 is 33.5 Å². The van der Waals surface area contributed by atoms with Gasteiger partial charge in [0.1, 0.15) is 30.6 Å². The normalized spacial score (nSPS) is 13.3. The van der Waals surface area contributed by atoms with Crippen LogP contribution in [0.25, 0.3) is 20.2 Å². The van der Waals surface area contributed by atoms with E-state index in [1.807, 2.05) is 24.3 Å². The first-order chi connectivity index (χ1) is 39.3. The first kappa shape index (κ1) is 60.7. The van der Waals surface area contributed by atoms with E-state index in [0.717, 1.165) is 16.2 Å². The number of methoxy groups -OCH3 is 3. The van der Waals surface area contributed by atoms with E-state index in [2.05, 4.69) is 0 Å². The molecule has 0 radical (unpaired) electrons. The zero-order valence-electron chi connectivity index (χ0n) is 45.7. The van der Waals surface area contributed by atoms with Gasteiger partial charge in [-0.1, -0.05) is 51.3 Å². The number of fused-ring (bicyclic) bond motifs is 2. The number of anilines is 2. The second kappa shape index (κ2) is 29.5. The molecule has 0 unspecified atom stereocenters. The zero-order chi connectivity index (χ0) is 58.0. The van der Waals surface area contributed by atoms with Crippen LogP contribution in [0.5, 0.6) is 28.7 Å². The van der Waals surface area contributed by atoms with Crippen molar-refractivity contribution in [3.8, 4) is 28.7 Å². The lowest BCUT2D eigenvalue weighted by Crippen LogP contribution is -2.51. The third-order valence-electron chi connectivity index (χ3n) is 13.1. The number of aliphatic hydroxyl groups excluding tert-OH is 1. The highest BCUT2D eigenvalue weighted by atomic mass is 32.1. The number of carbonyl (C=O) groups is 6. The molecular weight excluding hydrogens is 1090 g/mol. The maximum atomic E-state index is 14.2. The third kappa shape index (κ3) is 14.9. The molecule has 4 heterocycles. The molecule has 2 aliphatic rings. The Kier molecular flexibility index (Phi) is 22.1. The van der Waals surface area contributed by atoms with Gasteiger partial charge >= 0.3 is 12.1 Å². The van der Waals surface area contributed by atoms with E-state index >= 15 is 0 Å². The molecule has 81 heavy (non-hydrogen) atoms. The van der Waals surface area contributed by atoms with Crippen molar-refractivity contribution < 1.29 is 74.0 Å². The van der Waals surface area contributed by atoms with Crippen molar-refractivity contribution in [1.29, 1.82) is 0 Å². The van der Waals surface area contributed by atoms with Crippen molar-refractivity contribution in [2.24, 2.45) is 0 Å². The summed E-state index contributed by atoms with van der Waals surface area (Å²) in [4.78, 5) is 83.3. The molecule has 2 fully saturated rings. The summed E-state index contributed by atoms with van der Waals surface area (Å²) in [6.45, 7) is 2.39. The molecule has 2 aromatic heterocycles. The number of imide groups is 2. The Morgan fingerprint density at radius 2 is 1.05 bits per heavy atom. The van der Waals surface area contributed by atoms with Gasteiger partial charge in [0.25, 0.3) is 0 Å². The predicted molar refractivity (Wildman–Crippen MR) is 311 cm³/mol. The van der Waals surface area contributed by atoms with Crippen LogP contribution < -0.4 is 33.5 Å². The third-order valence-corrected chi connectivity index (χ3v) is 15.0. The summed E-state index contributed by atoms with van der Waals surface area (Å²) in [7, 11) is 4.55. The minimum atomic E-state index is -0.468. The van der Waals surface area contributed by atoms with Gasteiger partial charge in [0.15, 0.2) is 34.6 Å². The van der Waals surface area contributed by atoms with Crippen LogP contribution in [0.4, 0.5) is 29.7 Å². The fraction of sp³-hybridized carbons (Fsp3) is 0.333. The summed E-state index contributed by atoms with van der Waals surface area (Å²) in [5.41, 5.74) is 2.90. The molecule has 2 aliphatic heterocycles. The molecule has 0 bridgehead atoms. The number of halogens is 2. The number of hydrogen-bond donors (Lipinski definition) is 1. The number of benzene rings is 5. The minimum absolute atomic E-state index is 0. The Balaban J connectivity index is 0.000000295. The first-order valence-electron chi connectivity index (χ1n) is 26.4. The van der Waals surface area contributed by atoms with E-state index in [9.17, 15) is 37.5 Å². The van der Waals surface area contributed by atoms with Crippen LogP contribution in [0.2, 0.25) is 0 Å². The van der Waals surface area contributed by atoms with Crippen molar-refractivity contribution in [2.75, 3.05) is 83.7 Å². The highest BCUT2D eigenvalue weighted by Gasteiger charge is 2.34. The van der Waals surface area contributed by atoms with E-state index in [0.29, 0.717) is 105 Å². The van der Waals surface area contributed by atoms with Crippen LogP contribution >= 0.6 is 22.7 Å². The Hall–Kier alpha value is -7.98. The summed E-state index contributed by atoms with van der Waals surface area (Å²) in [6, 6.07) is 25.7. The number of ether oxygens (including phenoxy) is 6. The summed E-state index contributed by atoms with van der Waals surface area (Å²) in [5, 5.41) is 13.6. The van der Waals surface area contributed by atoms with Crippen LogP contribution in [0.1, 0.15) is 82.6 Å². The molecule has 6 amide bonds. The summed E-state index contributed by atoms with van der Waals surface area (Å²) < 4.78 is 71.9. The van der Waals surface area contributed by atoms with Crippen molar-refractivity contribution in [2.45, 2.75) is 60.0 Å². The monoisotopic (exact) mass is 1160 g/mol. The fourth-order valence-corrected chi connectivity index (χ4v) is 10.9. The second-order valence-corrected chi connectivity index (χ2v) is 19.8. The molecule has 9 rings (SSSR count). The molecule has 1 N–H and O–H groups in total. The van der Waals surface area contributed by atoms with Gasteiger partial charge in [-0.3, -0.25) is 38.8 Å².